The molecule has 0 amide bonds. The first-order valence-corrected chi connectivity index (χ1v) is 11.3. The van der Waals surface area contributed by atoms with Crippen molar-refractivity contribution in [3.63, 3.8) is 0 Å². The molecular weight excluding hydrogens is 428 g/mol. The summed E-state index contributed by atoms with van der Waals surface area (Å²) >= 11 is 0. The Morgan fingerprint density at radius 2 is 1.82 bits per heavy atom. The number of nitrogens with zero attached hydrogens (tertiary/aromatic N) is 5. The Kier molecular flexibility index (Phi) is 5.86. The van der Waals surface area contributed by atoms with Gasteiger partial charge in [0.25, 0.3) is 0 Å². The van der Waals surface area contributed by atoms with Crippen LogP contribution in [0.15, 0.2) is 66.9 Å². The number of carboxylic acids is 1. The van der Waals surface area contributed by atoms with Crippen molar-refractivity contribution in [3.8, 4) is 22.5 Å². The number of benzene rings is 2. The minimum absolute atomic E-state index is 0.276. The topological polar surface area (TPSA) is 109 Å². The van der Waals surface area contributed by atoms with Gasteiger partial charge in [-0.05, 0) is 46.9 Å². The van der Waals surface area contributed by atoms with Gasteiger partial charge < -0.3 is 5.11 Å². The van der Waals surface area contributed by atoms with E-state index in [0.29, 0.717) is 17.8 Å². The van der Waals surface area contributed by atoms with Crippen molar-refractivity contribution < 1.29 is 9.90 Å². The zero-order chi connectivity index (χ0) is 23.5. The summed E-state index contributed by atoms with van der Waals surface area (Å²) in [5, 5.41) is 28.9. The standard InChI is InChI=1S/C26H24N6O2/c1-2-3-10-23-22(24-21(26(33)34)9-6-15-32(24)29-23)16-17-11-13-18(14-12-17)19-7-4-5-8-20(19)25-27-30-31-28-25/h4-9,11-15H,2-3,10,16H2,1H3,(H,33,34)(H,27,28,30,31). The predicted molar refractivity (Wildman–Crippen MR) is 129 cm³/mol. The van der Waals surface area contributed by atoms with E-state index in [9.17, 15) is 9.90 Å². The molecule has 34 heavy (non-hydrogen) atoms. The van der Waals surface area contributed by atoms with Crippen LogP contribution in [0.1, 0.15) is 46.9 Å². The van der Waals surface area contributed by atoms with Crippen LogP contribution in [0.3, 0.4) is 0 Å². The molecule has 0 aliphatic heterocycles. The lowest BCUT2D eigenvalue weighted by Crippen LogP contribution is -2.02. The molecule has 0 atom stereocenters. The number of aromatic carboxylic acids is 1. The third kappa shape index (κ3) is 4.05. The number of H-pyrrole nitrogens is 1. The summed E-state index contributed by atoms with van der Waals surface area (Å²) in [6.45, 7) is 2.14. The minimum atomic E-state index is -0.942. The Bertz CT molecular complexity index is 1440. The highest BCUT2D eigenvalue weighted by atomic mass is 16.4. The molecule has 0 spiro atoms. The third-order valence-corrected chi connectivity index (χ3v) is 5.99. The number of carbonyl (C=O) groups is 1. The van der Waals surface area contributed by atoms with Crippen molar-refractivity contribution in [2.45, 2.75) is 32.6 Å². The summed E-state index contributed by atoms with van der Waals surface area (Å²) in [7, 11) is 0. The fourth-order valence-electron chi connectivity index (χ4n) is 4.32. The zero-order valence-electron chi connectivity index (χ0n) is 18.8. The summed E-state index contributed by atoms with van der Waals surface area (Å²) in [6.07, 6.45) is 5.31. The van der Waals surface area contributed by atoms with E-state index >= 15 is 0 Å². The number of hydrogen-bond donors (Lipinski definition) is 2. The maximum absolute atomic E-state index is 11.9. The van der Waals surface area contributed by atoms with Crippen LogP contribution in [-0.4, -0.2) is 41.3 Å². The van der Waals surface area contributed by atoms with E-state index in [0.717, 1.165) is 52.8 Å². The molecule has 3 heterocycles. The van der Waals surface area contributed by atoms with Gasteiger partial charge in [0.15, 0.2) is 0 Å². The Morgan fingerprint density at radius 3 is 2.53 bits per heavy atom. The SMILES string of the molecule is CCCCc1nn2cccc(C(=O)O)c2c1Cc1ccc(-c2ccccc2-c2nn[nH]n2)cc1. The van der Waals surface area contributed by atoms with Crippen LogP contribution >= 0.6 is 0 Å². The van der Waals surface area contributed by atoms with Crippen LogP contribution in [-0.2, 0) is 12.8 Å². The monoisotopic (exact) mass is 452 g/mol. The lowest BCUT2D eigenvalue weighted by molar-refractivity contribution is 0.0698. The number of pyridine rings is 1. The molecule has 3 aromatic heterocycles. The summed E-state index contributed by atoms with van der Waals surface area (Å²) in [5.74, 6) is -0.394. The number of rotatable bonds is 8. The minimum Gasteiger partial charge on any atom is -0.478 e. The Balaban J connectivity index is 1.52. The largest absolute Gasteiger partial charge is 0.478 e. The highest BCUT2D eigenvalue weighted by Crippen LogP contribution is 2.31. The average molecular weight is 453 g/mol. The van der Waals surface area contributed by atoms with Crippen molar-refractivity contribution in [2.24, 2.45) is 0 Å². The molecule has 170 valence electrons. The molecule has 5 aromatic rings. The van der Waals surface area contributed by atoms with E-state index in [2.05, 4.69) is 51.8 Å². The molecule has 8 heteroatoms. The van der Waals surface area contributed by atoms with E-state index in [-0.39, 0.29) is 5.56 Å². The van der Waals surface area contributed by atoms with Crippen LogP contribution < -0.4 is 0 Å². The van der Waals surface area contributed by atoms with Crippen LogP contribution in [0.5, 0.6) is 0 Å². The molecular formula is C26H24N6O2. The molecule has 0 bridgehead atoms. The van der Waals surface area contributed by atoms with Gasteiger partial charge in [-0.25, -0.2) is 9.31 Å². The molecule has 8 nitrogen and oxygen atoms in total. The molecule has 0 aliphatic rings. The normalized spacial score (nSPS) is 11.2. The number of fused-ring (bicyclic) bond motifs is 1. The zero-order valence-corrected chi connectivity index (χ0v) is 18.8. The van der Waals surface area contributed by atoms with Crippen LogP contribution in [0.4, 0.5) is 0 Å². The number of tetrazole rings is 1. The van der Waals surface area contributed by atoms with Crippen molar-refractivity contribution in [1.82, 2.24) is 30.2 Å². The van der Waals surface area contributed by atoms with Crippen molar-refractivity contribution in [3.05, 3.63) is 89.2 Å². The lowest BCUT2D eigenvalue weighted by Gasteiger charge is -2.09. The number of hydrogen-bond acceptors (Lipinski definition) is 5. The van der Waals surface area contributed by atoms with Gasteiger partial charge in [-0.1, -0.05) is 61.9 Å². The number of aryl methyl sites for hydroxylation is 1. The van der Waals surface area contributed by atoms with E-state index in [1.54, 1.807) is 16.6 Å². The number of aromatic amines is 1. The fraction of sp³-hybridized carbons (Fsp3) is 0.192. The molecule has 0 unspecified atom stereocenters. The summed E-state index contributed by atoms with van der Waals surface area (Å²) < 4.78 is 1.71. The van der Waals surface area contributed by atoms with E-state index < -0.39 is 5.97 Å². The first-order valence-electron chi connectivity index (χ1n) is 11.3. The molecule has 2 N–H and O–H groups in total. The van der Waals surface area contributed by atoms with Gasteiger partial charge in [0.1, 0.15) is 0 Å². The predicted octanol–water partition coefficient (Wildman–Crippen LogP) is 4.81. The lowest BCUT2D eigenvalue weighted by atomic mass is 9.95. The maximum atomic E-state index is 11.9. The second kappa shape index (κ2) is 9.27. The molecule has 0 aliphatic carbocycles. The summed E-state index contributed by atoms with van der Waals surface area (Å²) in [5.41, 5.74) is 6.94. The first-order chi connectivity index (χ1) is 16.7. The Morgan fingerprint density at radius 1 is 1.03 bits per heavy atom. The Hall–Kier alpha value is -4.33. The first kappa shape index (κ1) is 21.5. The molecule has 2 aromatic carbocycles. The molecule has 0 fully saturated rings. The van der Waals surface area contributed by atoms with Crippen molar-refractivity contribution >= 4 is 11.5 Å². The van der Waals surface area contributed by atoms with Gasteiger partial charge in [0.2, 0.25) is 5.82 Å². The van der Waals surface area contributed by atoms with Crippen LogP contribution in [0.2, 0.25) is 0 Å². The highest BCUT2D eigenvalue weighted by molar-refractivity contribution is 5.96. The molecule has 0 saturated heterocycles. The average Bonchev–Trinajstić information content (AvgIpc) is 3.52. The smallest absolute Gasteiger partial charge is 0.337 e. The summed E-state index contributed by atoms with van der Waals surface area (Å²) in [6, 6.07) is 19.6. The number of aromatic nitrogens is 6. The Labute approximate surface area is 196 Å². The highest BCUT2D eigenvalue weighted by Gasteiger charge is 2.19. The van der Waals surface area contributed by atoms with Gasteiger partial charge in [0.05, 0.1) is 16.8 Å². The second-order valence-corrected chi connectivity index (χ2v) is 8.20. The number of carboxylic acid groups (broad SMARTS) is 1. The van der Waals surface area contributed by atoms with Gasteiger partial charge in [0, 0.05) is 23.7 Å². The van der Waals surface area contributed by atoms with E-state index in [1.807, 2.05) is 30.5 Å². The third-order valence-electron chi connectivity index (χ3n) is 5.99. The number of nitrogens with one attached hydrogen (secondary N) is 1. The van der Waals surface area contributed by atoms with Crippen LogP contribution in [0, 0.1) is 0 Å². The second-order valence-electron chi connectivity index (χ2n) is 8.20. The maximum Gasteiger partial charge on any atom is 0.337 e. The van der Waals surface area contributed by atoms with Crippen molar-refractivity contribution in [2.75, 3.05) is 0 Å². The van der Waals surface area contributed by atoms with E-state index in [4.69, 9.17) is 5.10 Å². The molecule has 5 rings (SSSR count). The van der Waals surface area contributed by atoms with Gasteiger partial charge in [-0.2, -0.15) is 10.3 Å². The fourth-order valence-corrected chi connectivity index (χ4v) is 4.32. The summed E-state index contributed by atoms with van der Waals surface area (Å²) in [4.78, 5) is 11.9. The molecule has 0 radical (unpaired) electrons. The van der Waals surface area contributed by atoms with Gasteiger partial charge >= 0.3 is 5.97 Å². The molecule has 0 saturated carbocycles. The number of unbranched alkanes of at least 4 members (excludes halogenated alkanes) is 1. The quantitative estimate of drug-likeness (QED) is 0.350. The van der Waals surface area contributed by atoms with Crippen molar-refractivity contribution in [1.29, 1.82) is 0 Å². The van der Waals surface area contributed by atoms with E-state index in [1.165, 1.54) is 0 Å². The van der Waals surface area contributed by atoms with Gasteiger partial charge in [-0.15, -0.1) is 10.2 Å². The van der Waals surface area contributed by atoms with Crippen LogP contribution in [0.25, 0.3) is 28.0 Å². The van der Waals surface area contributed by atoms with Gasteiger partial charge in [-0.3, -0.25) is 0 Å².